The van der Waals surface area contributed by atoms with E-state index in [2.05, 4.69) is 22.2 Å². The molecule has 0 aliphatic heterocycles. The summed E-state index contributed by atoms with van der Waals surface area (Å²) in [7, 11) is 0. The molecular weight excluding hydrogens is 369 g/mol. The second kappa shape index (κ2) is 6.78. The average molecular weight is 397 g/mol. The highest BCUT2D eigenvalue weighted by molar-refractivity contribution is 5.92. The molecule has 2 aliphatic rings. The van der Waals surface area contributed by atoms with Crippen molar-refractivity contribution in [2.75, 3.05) is 0 Å². The van der Waals surface area contributed by atoms with Gasteiger partial charge in [0.15, 0.2) is 0 Å². The summed E-state index contributed by atoms with van der Waals surface area (Å²) < 4.78 is 14.8. The zero-order valence-electron chi connectivity index (χ0n) is 17.4. The van der Waals surface area contributed by atoms with Gasteiger partial charge in [-0.05, 0) is 53.7 Å². The molecule has 2 aliphatic carbocycles. The molecule has 154 valence electrons. The largest absolute Gasteiger partial charge is 0.343 e. The lowest BCUT2D eigenvalue weighted by molar-refractivity contribution is 0.0895. The van der Waals surface area contributed by atoms with Crippen LogP contribution in [-0.4, -0.2) is 15.9 Å². The van der Waals surface area contributed by atoms with Crippen LogP contribution in [0.15, 0.2) is 29.1 Å². The summed E-state index contributed by atoms with van der Waals surface area (Å²) in [5, 5.41) is 2.98. The summed E-state index contributed by atoms with van der Waals surface area (Å²) in [5.74, 6) is 0.162. The molecule has 1 amide bonds. The summed E-state index contributed by atoms with van der Waals surface area (Å²) in [6.45, 7) is 8.05. The van der Waals surface area contributed by atoms with Gasteiger partial charge in [0.25, 0.3) is 11.5 Å². The van der Waals surface area contributed by atoms with E-state index in [0.29, 0.717) is 11.4 Å². The summed E-state index contributed by atoms with van der Waals surface area (Å²) in [5.41, 5.74) is 0.819. The van der Waals surface area contributed by atoms with Crippen LogP contribution in [0.25, 0.3) is 0 Å². The maximum absolute atomic E-state index is 14.8. The molecular formula is C23H28FN3O2. The van der Waals surface area contributed by atoms with Gasteiger partial charge in [-0.15, -0.1) is 0 Å². The maximum Gasteiger partial charge on any atom is 0.270 e. The van der Waals surface area contributed by atoms with Gasteiger partial charge < -0.3 is 10.3 Å². The standard InChI is InChI=1S/C23H28FN3O2/c1-22(2,3)19(14-7-8-15(16(24)11-14)23(4)9-10-23)27-21(29)17-12-18(28)26-20(25-17)13-5-6-13/h7-8,11-13,19H,5-6,9-10H2,1-4H3,(H,27,29)(H,25,26,28)/t19-/m1/s1. The third kappa shape index (κ3) is 4.11. The normalized spacial score (nSPS) is 18.9. The van der Waals surface area contributed by atoms with Crippen LogP contribution in [0.4, 0.5) is 4.39 Å². The number of hydrogen-bond donors (Lipinski definition) is 2. The molecule has 0 spiro atoms. The summed E-state index contributed by atoms with van der Waals surface area (Å²) in [6.07, 6.45) is 3.95. The first kappa shape index (κ1) is 19.8. The Morgan fingerprint density at radius 1 is 1.28 bits per heavy atom. The Balaban J connectivity index is 1.62. The lowest BCUT2D eigenvalue weighted by atomic mass is 9.81. The van der Waals surface area contributed by atoms with Gasteiger partial charge in [-0.3, -0.25) is 9.59 Å². The number of aromatic nitrogens is 2. The van der Waals surface area contributed by atoms with Crippen molar-refractivity contribution in [3.05, 3.63) is 63.1 Å². The fourth-order valence-corrected chi connectivity index (χ4v) is 3.81. The number of hydrogen-bond acceptors (Lipinski definition) is 3. The summed E-state index contributed by atoms with van der Waals surface area (Å²) in [4.78, 5) is 32.0. The van der Waals surface area contributed by atoms with Crippen LogP contribution in [0.3, 0.4) is 0 Å². The number of rotatable bonds is 5. The maximum atomic E-state index is 14.8. The number of nitrogens with one attached hydrogen (secondary N) is 2. The van der Waals surface area contributed by atoms with E-state index in [1.807, 2.05) is 32.9 Å². The number of amides is 1. The van der Waals surface area contributed by atoms with Crippen molar-refractivity contribution in [2.45, 2.75) is 70.8 Å². The minimum absolute atomic E-state index is 0.0582. The summed E-state index contributed by atoms with van der Waals surface area (Å²) in [6, 6.07) is 6.09. The van der Waals surface area contributed by atoms with E-state index in [1.54, 1.807) is 0 Å². The Morgan fingerprint density at radius 2 is 1.97 bits per heavy atom. The fraction of sp³-hybridized carbons (Fsp3) is 0.522. The van der Waals surface area contributed by atoms with E-state index in [-0.39, 0.29) is 33.8 Å². The Bertz CT molecular complexity index is 1010. The van der Waals surface area contributed by atoms with E-state index in [0.717, 1.165) is 31.2 Å². The smallest absolute Gasteiger partial charge is 0.270 e. The number of aromatic amines is 1. The third-order valence-electron chi connectivity index (χ3n) is 6.07. The van der Waals surface area contributed by atoms with Gasteiger partial charge >= 0.3 is 0 Å². The first-order chi connectivity index (χ1) is 13.6. The van der Waals surface area contributed by atoms with Crippen molar-refractivity contribution >= 4 is 5.91 Å². The van der Waals surface area contributed by atoms with E-state index in [4.69, 9.17) is 0 Å². The van der Waals surface area contributed by atoms with E-state index >= 15 is 0 Å². The lowest BCUT2D eigenvalue weighted by Gasteiger charge is -2.32. The minimum Gasteiger partial charge on any atom is -0.343 e. The zero-order chi connectivity index (χ0) is 21.0. The van der Waals surface area contributed by atoms with Crippen LogP contribution < -0.4 is 10.9 Å². The lowest BCUT2D eigenvalue weighted by Crippen LogP contribution is -2.37. The quantitative estimate of drug-likeness (QED) is 0.787. The first-order valence-electron chi connectivity index (χ1n) is 10.3. The molecule has 1 heterocycles. The molecule has 0 radical (unpaired) electrons. The summed E-state index contributed by atoms with van der Waals surface area (Å²) >= 11 is 0. The second-order valence-electron chi connectivity index (χ2n) is 9.86. The number of H-pyrrole nitrogens is 1. The number of nitrogens with zero attached hydrogens (tertiary/aromatic N) is 1. The molecule has 5 nitrogen and oxygen atoms in total. The van der Waals surface area contributed by atoms with E-state index < -0.39 is 11.9 Å². The van der Waals surface area contributed by atoms with Crippen LogP contribution in [-0.2, 0) is 5.41 Å². The van der Waals surface area contributed by atoms with Crippen molar-refractivity contribution in [3.63, 3.8) is 0 Å². The molecule has 29 heavy (non-hydrogen) atoms. The van der Waals surface area contributed by atoms with Crippen LogP contribution in [0.5, 0.6) is 0 Å². The van der Waals surface area contributed by atoms with Gasteiger partial charge in [-0.2, -0.15) is 0 Å². The molecule has 0 bridgehead atoms. The molecule has 2 N–H and O–H groups in total. The molecule has 0 unspecified atom stereocenters. The van der Waals surface area contributed by atoms with Crippen molar-refractivity contribution in [1.82, 2.24) is 15.3 Å². The van der Waals surface area contributed by atoms with Gasteiger partial charge in [-0.1, -0.05) is 39.8 Å². The average Bonchev–Trinajstić information content (AvgIpc) is 3.54. The monoisotopic (exact) mass is 397 g/mol. The van der Waals surface area contributed by atoms with Crippen LogP contribution in [0.2, 0.25) is 0 Å². The highest BCUT2D eigenvalue weighted by Gasteiger charge is 2.41. The Labute approximate surface area is 170 Å². The van der Waals surface area contributed by atoms with Gasteiger partial charge in [0.1, 0.15) is 17.3 Å². The molecule has 2 aromatic rings. The molecule has 1 atom stereocenters. The molecule has 0 saturated heterocycles. The molecule has 2 fully saturated rings. The Hall–Kier alpha value is -2.50. The van der Waals surface area contributed by atoms with Crippen molar-refractivity contribution < 1.29 is 9.18 Å². The molecule has 6 heteroatoms. The number of carbonyl (C=O) groups excluding carboxylic acids is 1. The van der Waals surface area contributed by atoms with Crippen molar-refractivity contribution in [2.24, 2.45) is 5.41 Å². The molecule has 1 aromatic carbocycles. The first-order valence-corrected chi connectivity index (χ1v) is 10.3. The van der Waals surface area contributed by atoms with Crippen LogP contribution >= 0.6 is 0 Å². The van der Waals surface area contributed by atoms with E-state index in [9.17, 15) is 14.0 Å². The third-order valence-corrected chi connectivity index (χ3v) is 6.07. The highest BCUT2D eigenvalue weighted by Crippen LogP contribution is 2.49. The second-order valence-corrected chi connectivity index (χ2v) is 9.86. The molecule has 1 aromatic heterocycles. The predicted molar refractivity (Wildman–Crippen MR) is 109 cm³/mol. The fourth-order valence-electron chi connectivity index (χ4n) is 3.81. The van der Waals surface area contributed by atoms with E-state index in [1.165, 1.54) is 12.1 Å². The minimum atomic E-state index is -0.420. The van der Waals surface area contributed by atoms with Gasteiger partial charge in [0.05, 0.1) is 6.04 Å². The molecule has 4 rings (SSSR count). The SMILES string of the molecule is CC1(c2ccc([C@@H](NC(=O)c3cc(=O)[nH]c(C4CC4)n3)C(C)(C)C)cc2F)CC1. The predicted octanol–water partition coefficient (Wildman–Crippen LogP) is 4.36. The van der Waals surface area contributed by atoms with Gasteiger partial charge in [0.2, 0.25) is 0 Å². The van der Waals surface area contributed by atoms with Crippen molar-refractivity contribution in [3.8, 4) is 0 Å². The van der Waals surface area contributed by atoms with Gasteiger partial charge in [-0.25, -0.2) is 9.37 Å². The van der Waals surface area contributed by atoms with Crippen LogP contribution in [0, 0.1) is 11.2 Å². The van der Waals surface area contributed by atoms with Crippen LogP contribution in [0.1, 0.15) is 92.8 Å². The number of halogens is 1. The topological polar surface area (TPSA) is 74.8 Å². The Kier molecular flexibility index (Phi) is 4.63. The zero-order valence-corrected chi connectivity index (χ0v) is 17.4. The van der Waals surface area contributed by atoms with Crippen molar-refractivity contribution in [1.29, 1.82) is 0 Å². The van der Waals surface area contributed by atoms with Gasteiger partial charge in [0, 0.05) is 12.0 Å². The number of carbonyl (C=O) groups is 1. The Morgan fingerprint density at radius 3 is 2.52 bits per heavy atom. The number of benzene rings is 1. The molecule has 2 saturated carbocycles. The highest BCUT2D eigenvalue weighted by atomic mass is 19.1.